The minimum absolute atomic E-state index is 0.0456. The second kappa shape index (κ2) is 3.80. The Kier molecular flexibility index (Phi) is 2.97. The van der Waals surface area contributed by atoms with Crippen molar-refractivity contribution in [3.8, 4) is 0 Å². The van der Waals surface area contributed by atoms with Crippen molar-refractivity contribution >= 4 is 11.6 Å². The van der Waals surface area contributed by atoms with Gasteiger partial charge in [-0.15, -0.1) is 0 Å². The Balaban J connectivity index is 3.08. The van der Waals surface area contributed by atoms with Crippen LogP contribution in [0.1, 0.15) is 5.56 Å². The van der Waals surface area contributed by atoms with Gasteiger partial charge in [0.2, 0.25) is 0 Å². The highest BCUT2D eigenvalue weighted by atomic mass is 35.5. The van der Waals surface area contributed by atoms with Gasteiger partial charge in [0, 0.05) is 5.56 Å². The number of halogens is 3. The number of hydrogen-bond donors (Lipinski definition) is 1. The smallest absolute Gasteiger partial charge is 0.177 e. The molecule has 1 aromatic carbocycles. The summed E-state index contributed by atoms with van der Waals surface area (Å²) in [6, 6.07) is 2.28. The van der Waals surface area contributed by atoms with Gasteiger partial charge in [0.15, 0.2) is 11.6 Å². The van der Waals surface area contributed by atoms with Crippen molar-refractivity contribution in [3.05, 3.63) is 34.4 Å². The summed E-state index contributed by atoms with van der Waals surface area (Å²) in [4.78, 5) is 4.23. The summed E-state index contributed by atoms with van der Waals surface area (Å²) in [7, 11) is 0. The number of benzene rings is 1. The van der Waals surface area contributed by atoms with Crippen LogP contribution in [-0.2, 0) is 11.4 Å². The molecule has 0 spiro atoms. The standard InChI is InChI=1S/C7H6ClF2NO/c8-6-4(3-12-11)1-2-5(9)7(6)10/h1-2H,3,11H2. The van der Waals surface area contributed by atoms with E-state index in [2.05, 4.69) is 4.84 Å². The highest BCUT2D eigenvalue weighted by molar-refractivity contribution is 6.31. The summed E-state index contributed by atoms with van der Waals surface area (Å²) >= 11 is 5.43. The van der Waals surface area contributed by atoms with Crippen LogP contribution in [0.3, 0.4) is 0 Å². The molecule has 2 N–H and O–H groups in total. The summed E-state index contributed by atoms with van der Waals surface area (Å²) in [5.74, 6) is 2.68. The highest BCUT2D eigenvalue weighted by Gasteiger charge is 2.10. The Morgan fingerprint density at radius 3 is 2.67 bits per heavy atom. The Labute approximate surface area is 72.8 Å². The van der Waals surface area contributed by atoms with E-state index < -0.39 is 11.6 Å². The summed E-state index contributed by atoms with van der Waals surface area (Å²) in [6.07, 6.45) is 0. The van der Waals surface area contributed by atoms with Gasteiger partial charge in [-0.3, -0.25) is 4.84 Å². The SMILES string of the molecule is NOCc1ccc(F)c(F)c1Cl. The molecule has 12 heavy (non-hydrogen) atoms. The molecule has 1 aromatic rings. The van der Waals surface area contributed by atoms with E-state index in [9.17, 15) is 8.78 Å². The zero-order valence-corrected chi connectivity index (χ0v) is 6.74. The molecule has 2 nitrogen and oxygen atoms in total. The second-order valence-corrected chi connectivity index (χ2v) is 2.52. The van der Waals surface area contributed by atoms with Crippen LogP contribution in [0.4, 0.5) is 8.78 Å². The van der Waals surface area contributed by atoms with Crippen molar-refractivity contribution in [2.75, 3.05) is 0 Å². The van der Waals surface area contributed by atoms with Crippen molar-refractivity contribution in [2.24, 2.45) is 5.90 Å². The van der Waals surface area contributed by atoms with E-state index >= 15 is 0 Å². The van der Waals surface area contributed by atoms with Crippen LogP contribution < -0.4 is 5.90 Å². The molecule has 66 valence electrons. The van der Waals surface area contributed by atoms with Gasteiger partial charge in [0.1, 0.15) is 0 Å². The van der Waals surface area contributed by atoms with Crippen molar-refractivity contribution in [2.45, 2.75) is 6.61 Å². The van der Waals surface area contributed by atoms with Crippen LogP contribution in [-0.4, -0.2) is 0 Å². The fourth-order valence-corrected chi connectivity index (χ4v) is 0.975. The maximum atomic E-state index is 12.7. The molecule has 1 rings (SSSR count). The summed E-state index contributed by atoms with van der Waals surface area (Å²) < 4.78 is 25.2. The molecule has 0 aliphatic heterocycles. The van der Waals surface area contributed by atoms with Crippen molar-refractivity contribution < 1.29 is 13.6 Å². The van der Waals surface area contributed by atoms with Gasteiger partial charge >= 0.3 is 0 Å². The molecule has 0 atom stereocenters. The average Bonchev–Trinajstić information content (AvgIpc) is 2.07. The molecular formula is C7H6ClF2NO. The van der Waals surface area contributed by atoms with Gasteiger partial charge in [0.25, 0.3) is 0 Å². The maximum absolute atomic E-state index is 12.7. The van der Waals surface area contributed by atoms with Gasteiger partial charge in [-0.05, 0) is 6.07 Å². The topological polar surface area (TPSA) is 35.2 Å². The minimum Gasteiger partial charge on any atom is -0.300 e. The van der Waals surface area contributed by atoms with E-state index in [4.69, 9.17) is 17.5 Å². The molecule has 0 fully saturated rings. The molecule has 5 heteroatoms. The highest BCUT2D eigenvalue weighted by Crippen LogP contribution is 2.22. The molecule has 0 aliphatic carbocycles. The number of hydrogen-bond acceptors (Lipinski definition) is 2. The molecule has 0 unspecified atom stereocenters. The largest absolute Gasteiger partial charge is 0.300 e. The molecule has 0 saturated heterocycles. The Bertz CT molecular complexity index is 293. The average molecular weight is 194 g/mol. The third-order valence-corrected chi connectivity index (χ3v) is 1.76. The van der Waals surface area contributed by atoms with Crippen LogP contribution in [0.5, 0.6) is 0 Å². The maximum Gasteiger partial charge on any atom is 0.177 e. The van der Waals surface area contributed by atoms with Gasteiger partial charge in [-0.25, -0.2) is 14.7 Å². The first-order valence-corrected chi connectivity index (χ1v) is 3.48. The lowest BCUT2D eigenvalue weighted by Crippen LogP contribution is -2.01. The first-order chi connectivity index (χ1) is 5.66. The quantitative estimate of drug-likeness (QED) is 0.576. The predicted octanol–water partition coefficient (Wildman–Crippen LogP) is 2.01. The molecule has 0 bridgehead atoms. The van der Waals surface area contributed by atoms with Crippen LogP contribution in [0.25, 0.3) is 0 Å². The molecule has 0 radical (unpaired) electrons. The fraction of sp³-hybridized carbons (Fsp3) is 0.143. The molecule has 0 aromatic heterocycles. The van der Waals surface area contributed by atoms with Gasteiger partial charge in [0.05, 0.1) is 11.6 Å². The van der Waals surface area contributed by atoms with E-state index in [1.54, 1.807) is 0 Å². The lowest BCUT2D eigenvalue weighted by atomic mass is 10.2. The molecule has 0 heterocycles. The van der Waals surface area contributed by atoms with E-state index in [-0.39, 0.29) is 11.6 Å². The van der Waals surface area contributed by atoms with Gasteiger partial charge in [-0.1, -0.05) is 17.7 Å². The number of rotatable bonds is 2. The third kappa shape index (κ3) is 1.72. The predicted molar refractivity (Wildman–Crippen MR) is 40.3 cm³/mol. The number of nitrogens with two attached hydrogens (primary N) is 1. The minimum atomic E-state index is -1.08. The normalized spacial score (nSPS) is 10.3. The van der Waals surface area contributed by atoms with Gasteiger partial charge in [-0.2, -0.15) is 0 Å². The van der Waals surface area contributed by atoms with E-state index in [1.807, 2.05) is 0 Å². The van der Waals surface area contributed by atoms with Crippen LogP contribution in [0, 0.1) is 11.6 Å². The monoisotopic (exact) mass is 193 g/mol. The second-order valence-electron chi connectivity index (χ2n) is 2.15. The summed E-state index contributed by atoms with van der Waals surface area (Å²) in [5, 5.41) is -0.291. The van der Waals surface area contributed by atoms with E-state index in [0.717, 1.165) is 6.07 Å². The summed E-state index contributed by atoms with van der Waals surface area (Å²) in [6.45, 7) is -0.0456. The Morgan fingerprint density at radius 1 is 1.42 bits per heavy atom. The Hall–Kier alpha value is -0.710. The van der Waals surface area contributed by atoms with Crippen molar-refractivity contribution in [3.63, 3.8) is 0 Å². The van der Waals surface area contributed by atoms with E-state index in [1.165, 1.54) is 6.07 Å². The van der Waals surface area contributed by atoms with Crippen molar-refractivity contribution in [1.29, 1.82) is 0 Å². The first-order valence-electron chi connectivity index (χ1n) is 3.11. The molecule has 0 aliphatic rings. The fourth-order valence-electron chi connectivity index (χ4n) is 0.767. The van der Waals surface area contributed by atoms with E-state index in [0.29, 0.717) is 5.56 Å². The molecule has 0 amide bonds. The summed E-state index contributed by atoms with van der Waals surface area (Å²) in [5.41, 5.74) is 0.318. The zero-order chi connectivity index (χ0) is 9.14. The third-order valence-electron chi connectivity index (χ3n) is 1.35. The lowest BCUT2D eigenvalue weighted by molar-refractivity contribution is 0.124. The first kappa shape index (κ1) is 9.38. The zero-order valence-electron chi connectivity index (χ0n) is 5.98. The van der Waals surface area contributed by atoms with Crippen LogP contribution in [0.15, 0.2) is 12.1 Å². The van der Waals surface area contributed by atoms with Crippen LogP contribution >= 0.6 is 11.6 Å². The van der Waals surface area contributed by atoms with Gasteiger partial charge < -0.3 is 0 Å². The van der Waals surface area contributed by atoms with Crippen molar-refractivity contribution in [1.82, 2.24) is 0 Å². The van der Waals surface area contributed by atoms with Crippen LogP contribution in [0.2, 0.25) is 5.02 Å². The Morgan fingerprint density at radius 2 is 2.08 bits per heavy atom. The lowest BCUT2D eigenvalue weighted by Gasteiger charge is -2.03. The molecular weight excluding hydrogens is 188 g/mol. The molecule has 0 saturated carbocycles.